The summed E-state index contributed by atoms with van der Waals surface area (Å²) in [6.45, 7) is 5.57. The van der Waals surface area contributed by atoms with Crippen LogP contribution in [0, 0.1) is 11.6 Å². The van der Waals surface area contributed by atoms with E-state index in [1.54, 1.807) is 36.4 Å². The number of aromatic nitrogens is 2. The monoisotopic (exact) mass is 586 g/mol. The number of hydrogen-bond acceptors (Lipinski definition) is 9. The Bertz CT molecular complexity index is 1480. The highest BCUT2D eigenvalue weighted by atomic mass is 32.2. The van der Waals surface area contributed by atoms with Gasteiger partial charge in [0.15, 0.2) is 11.6 Å². The number of benzene rings is 2. The van der Waals surface area contributed by atoms with Crippen LogP contribution in [0.2, 0.25) is 0 Å². The van der Waals surface area contributed by atoms with Crippen LogP contribution in [0.25, 0.3) is 0 Å². The van der Waals surface area contributed by atoms with Gasteiger partial charge in [-0.2, -0.15) is 4.98 Å². The van der Waals surface area contributed by atoms with Crippen LogP contribution in [0.3, 0.4) is 0 Å². The lowest BCUT2D eigenvalue weighted by molar-refractivity contribution is 0.0981. The third-order valence-electron chi connectivity index (χ3n) is 7.83. The minimum absolute atomic E-state index is 0.0583. The summed E-state index contributed by atoms with van der Waals surface area (Å²) in [4.78, 5) is 15.3. The fraction of sp³-hybridized carbons (Fsp3) is 0.429. The lowest BCUT2D eigenvalue weighted by atomic mass is 10.0. The van der Waals surface area contributed by atoms with Crippen LogP contribution in [0.4, 0.5) is 43.3 Å². The number of piperidine rings is 1. The molecule has 10 nitrogen and oxygen atoms in total. The van der Waals surface area contributed by atoms with E-state index < -0.39 is 21.7 Å². The van der Waals surface area contributed by atoms with Crippen LogP contribution in [0.1, 0.15) is 12.8 Å². The molecule has 13 heteroatoms. The maximum atomic E-state index is 15.2. The Morgan fingerprint density at radius 3 is 2.32 bits per heavy atom. The van der Waals surface area contributed by atoms with Gasteiger partial charge in [0.05, 0.1) is 29.0 Å². The molecule has 41 heavy (non-hydrogen) atoms. The van der Waals surface area contributed by atoms with Gasteiger partial charge in [-0.25, -0.2) is 22.2 Å². The van der Waals surface area contributed by atoms with Gasteiger partial charge in [0, 0.05) is 58.6 Å². The number of nitrogens with one attached hydrogen (secondary N) is 2. The number of nitrogens with zero attached hydrogens (tertiary/aromatic N) is 6. The largest absolute Gasteiger partial charge is 0.369 e. The normalized spacial score (nSPS) is 17.4. The van der Waals surface area contributed by atoms with Gasteiger partial charge in [-0.15, -0.1) is 0 Å². The molecule has 2 aliphatic rings. The average molecular weight is 587 g/mol. The summed E-state index contributed by atoms with van der Waals surface area (Å²) >= 11 is 0. The van der Waals surface area contributed by atoms with E-state index in [4.69, 9.17) is 0 Å². The topological polar surface area (TPSA) is 96.9 Å². The van der Waals surface area contributed by atoms with Crippen LogP contribution in [0.15, 0.2) is 48.7 Å². The zero-order valence-electron chi connectivity index (χ0n) is 23.5. The molecule has 0 amide bonds. The third-order valence-corrected chi connectivity index (χ3v) is 9.02. The Morgan fingerprint density at radius 1 is 0.902 bits per heavy atom. The molecular formula is C28H36F2N8O2S. The van der Waals surface area contributed by atoms with Crippen molar-refractivity contribution in [3.8, 4) is 0 Å². The molecule has 1 aromatic heterocycles. The molecule has 0 bridgehead atoms. The van der Waals surface area contributed by atoms with Crippen molar-refractivity contribution in [1.29, 1.82) is 0 Å². The van der Waals surface area contributed by atoms with E-state index in [9.17, 15) is 8.42 Å². The highest BCUT2D eigenvalue weighted by molar-refractivity contribution is 7.92. The molecule has 3 heterocycles. The zero-order valence-corrected chi connectivity index (χ0v) is 24.3. The first-order chi connectivity index (χ1) is 19.6. The summed E-state index contributed by atoms with van der Waals surface area (Å²) in [5, 5.41) is 5.85. The van der Waals surface area contributed by atoms with Gasteiger partial charge in [0.25, 0.3) is 0 Å². The molecule has 0 spiro atoms. The lowest BCUT2D eigenvalue weighted by Gasteiger charge is -2.42. The molecule has 0 saturated carbocycles. The number of sulfonamides is 1. The van der Waals surface area contributed by atoms with Gasteiger partial charge < -0.3 is 20.4 Å². The molecule has 2 N–H and O–H groups in total. The smallest absolute Gasteiger partial charge is 0.232 e. The van der Waals surface area contributed by atoms with Crippen LogP contribution in [-0.2, 0) is 10.0 Å². The van der Waals surface area contributed by atoms with Gasteiger partial charge in [0.2, 0.25) is 16.0 Å². The van der Waals surface area contributed by atoms with Crippen molar-refractivity contribution >= 4 is 44.5 Å². The summed E-state index contributed by atoms with van der Waals surface area (Å²) in [6.07, 6.45) is 4.42. The van der Waals surface area contributed by atoms with Gasteiger partial charge >= 0.3 is 0 Å². The molecule has 0 radical (unpaired) electrons. The number of piperazine rings is 1. The Labute approximate surface area is 240 Å². The van der Waals surface area contributed by atoms with Crippen molar-refractivity contribution in [1.82, 2.24) is 19.8 Å². The van der Waals surface area contributed by atoms with Gasteiger partial charge in [-0.3, -0.25) is 9.21 Å². The lowest BCUT2D eigenvalue weighted by Crippen LogP contribution is -2.52. The third kappa shape index (κ3) is 6.68. The fourth-order valence-corrected chi connectivity index (χ4v) is 5.84. The Balaban J connectivity index is 1.26. The quantitative estimate of drug-likeness (QED) is 0.408. The molecule has 220 valence electrons. The standard InChI is InChI=1S/C28H36F2N8O2S/c1-35-16-18-37(19-17-35)20-11-14-38(15-12-20)24-9-8-22(26(29)27(24)30)33-28-31-13-10-25(34-28)32-21-6-4-5-7-23(21)36(2)41(3,39)40/h4-10,13,20H,11-12,14-19H2,1-3H3,(H2,31,32,33,34). The van der Waals surface area contributed by atoms with Crippen molar-refractivity contribution in [2.75, 3.05) is 79.5 Å². The predicted octanol–water partition coefficient (Wildman–Crippen LogP) is 3.85. The Morgan fingerprint density at radius 2 is 1.61 bits per heavy atom. The van der Waals surface area contributed by atoms with Crippen LogP contribution < -0.4 is 19.8 Å². The maximum Gasteiger partial charge on any atom is 0.232 e. The number of halogens is 2. The number of rotatable bonds is 8. The van der Waals surface area contributed by atoms with Crippen molar-refractivity contribution in [3.63, 3.8) is 0 Å². The molecule has 2 aliphatic heterocycles. The Kier molecular flexibility index (Phi) is 8.57. The second-order valence-corrected chi connectivity index (χ2v) is 12.6. The second kappa shape index (κ2) is 12.1. The number of para-hydroxylation sites is 2. The van der Waals surface area contributed by atoms with E-state index in [1.807, 2.05) is 4.90 Å². The second-order valence-electron chi connectivity index (χ2n) is 10.6. The summed E-state index contributed by atoms with van der Waals surface area (Å²) < 4.78 is 55.7. The molecular weight excluding hydrogens is 550 g/mol. The number of anilines is 6. The summed E-state index contributed by atoms with van der Waals surface area (Å²) in [6, 6.07) is 12.0. The zero-order chi connectivity index (χ0) is 29.1. The molecule has 5 rings (SSSR count). The van der Waals surface area contributed by atoms with E-state index in [1.165, 1.54) is 19.3 Å². The maximum absolute atomic E-state index is 15.2. The molecule has 0 unspecified atom stereocenters. The van der Waals surface area contributed by atoms with E-state index in [0.717, 1.165) is 49.6 Å². The molecule has 3 aromatic rings. The summed E-state index contributed by atoms with van der Waals surface area (Å²) in [5.41, 5.74) is 1.11. The van der Waals surface area contributed by atoms with Crippen molar-refractivity contribution in [2.45, 2.75) is 18.9 Å². The van der Waals surface area contributed by atoms with E-state index in [2.05, 4.69) is 37.4 Å². The van der Waals surface area contributed by atoms with Gasteiger partial charge in [0.1, 0.15) is 5.82 Å². The molecule has 0 atom stereocenters. The van der Waals surface area contributed by atoms with Crippen LogP contribution in [-0.4, -0.2) is 93.8 Å². The van der Waals surface area contributed by atoms with Crippen molar-refractivity contribution in [3.05, 3.63) is 60.3 Å². The fourth-order valence-electron chi connectivity index (χ4n) is 5.32. The van der Waals surface area contributed by atoms with Crippen LogP contribution in [0.5, 0.6) is 0 Å². The number of likely N-dealkylation sites (N-methyl/N-ethyl adjacent to an activating group) is 1. The highest BCUT2D eigenvalue weighted by Crippen LogP contribution is 2.32. The van der Waals surface area contributed by atoms with Crippen LogP contribution >= 0.6 is 0 Å². The SMILES string of the molecule is CN1CCN(C2CCN(c3ccc(Nc4nccc(Nc5ccccc5N(C)S(C)(=O)=O)n4)c(F)c3F)CC2)CC1. The molecule has 0 aliphatic carbocycles. The van der Waals surface area contributed by atoms with E-state index >= 15 is 8.78 Å². The predicted molar refractivity (Wildman–Crippen MR) is 159 cm³/mol. The minimum atomic E-state index is -3.49. The molecule has 2 aromatic carbocycles. The summed E-state index contributed by atoms with van der Waals surface area (Å²) in [5.74, 6) is -1.49. The first-order valence-corrected chi connectivity index (χ1v) is 15.5. The van der Waals surface area contributed by atoms with E-state index in [-0.39, 0.29) is 17.3 Å². The highest BCUT2D eigenvalue weighted by Gasteiger charge is 2.28. The molecule has 2 fully saturated rings. The van der Waals surface area contributed by atoms with Gasteiger partial charge in [-0.05, 0) is 50.2 Å². The summed E-state index contributed by atoms with van der Waals surface area (Å²) in [7, 11) is 0.109. The molecule has 2 saturated heterocycles. The van der Waals surface area contributed by atoms with E-state index in [0.29, 0.717) is 36.3 Å². The first-order valence-electron chi connectivity index (χ1n) is 13.7. The van der Waals surface area contributed by atoms with Crippen molar-refractivity contribution < 1.29 is 17.2 Å². The van der Waals surface area contributed by atoms with Gasteiger partial charge in [-0.1, -0.05) is 12.1 Å². The first kappa shape index (κ1) is 29.0. The average Bonchev–Trinajstić information content (AvgIpc) is 2.96. The number of hydrogen-bond donors (Lipinski definition) is 2. The Hall–Kier alpha value is -3.55. The minimum Gasteiger partial charge on any atom is -0.369 e. The van der Waals surface area contributed by atoms with Crippen molar-refractivity contribution in [2.24, 2.45) is 0 Å².